The lowest BCUT2D eigenvalue weighted by atomic mass is 9.73. The molecule has 136 valence electrons. The van der Waals surface area contributed by atoms with Crippen LogP contribution in [0.2, 0.25) is 0 Å². The molecule has 4 nitrogen and oxygen atoms in total. The molecule has 0 heterocycles. The van der Waals surface area contributed by atoms with E-state index in [9.17, 15) is 20.1 Å². The lowest BCUT2D eigenvalue weighted by molar-refractivity contribution is -0.133. The highest BCUT2D eigenvalue weighted by molar-refractivity contribution is 5.87. The summed E-state index contributed by atoms with van der Waals surface area (Å²) in [5.74, 6) is -3.49. The number of allylic oxidation sites excluding steroid dienone is 2. The summed E-state index contributed by atoms with van der Waals surface area (Å²) in [7, 11) is 0. The Kier molecular flexibility index (Phi) is 3.12. The van der Waals surface area contributed by atoms with E-state index in [2.05, 4.69) is 6.58 Å². The molecule has 1 aromatic carbocycles. The highest BCUT2D eigenvalue weighted by atomic mass is 16.4. The first-order valence-corrected chi connectivity index (χ1v) is 7.76. The Morgan fingerprint density at radius 1 is 1.36 bits per heavy atom. The molecule has 0 bridgehead atoms. The molecule has 3 atom stereocenters. The maximum absolute atomic E-state index is 11.5. The molecule has 0 amide bonds. The molecule has 0 fully saturated rings. The number of rotatable bonds is 7. The Morgan fingerprint density at radius 3 is 2.60 bits per heavy atom. The second kappa shape index (κ2) is 8.24. The van der Waals surface area contributed by atoms with Gasteiger partial charge in [-0.15, -0.1) is 0 Å². The second-order valence-corrected chi connectivity index (χ2v) is 6.03. The largest absolute Gasteiger partial charge is 0.507 e. The Bertz CT molecular complexity index is 1020. The first-order valence-electron chi connectivity index (χ1n) is 12.8. The average molecular weight is 355 g/mol. The van der Waals surface area contributed by atoms with Gasteiger partial charge in [-0.05, 0) is 56.1 Å². The quantitative estimate of drug-likeness (QED) is 0.608. The Hall–Kier alpha value is -2.23. The number of benzene rings is 1. The van der Waals surface area contributed by atoms with Crippen molar-refractivity contribution in [2.75, 3.05) is 0 Å². The van der Waals surface area contributed by atoms with Gasteiger partial charge in [0, 0.05) is 30.8 Å². The summed E-state index contributed by atoms with van der Waals surface area (Å²) in [5.41, 5.74) is 0.247. The minimum atomic E-state index is -3.67. The maximum atomic E-state index is 11.5. The molecule has 2 rings (SSSR count). The third kappa shape index (κ3) is 4.44. The van der Waals surface area contributed by atoms with Crippen molar-refractivity contribution in [2.45, 2.75) is 58.1 Å². The highest BCUT2D eigenvalue weighted by Gasteiger charge is 2.32. The lowest BCUT2D eigenvalue weighted by Gasteiger charge is -2.31. The van der Waals surface area contributed by atoms with Gasteiger partial charge in [-0.3, -0.25) is 0 Å². The summed E-state index contributed by atoms with van der Waals surface area (Å²) in [5, 5.41) is 30.8. The summed E-state index contributed by atoms with van der Waals surface area (Å²) in [4.78, 5) is 11.5. The number of phenols is 2. The number of carbonyl (C=O) groups is 1. The summed E-state index contributed by atoms with van der Waals surface area (Å²) >= 11 is 0. The molecule has 0 saturated heterocycles. The van der Waals surface area contributed by atoms with Crippen LogP contribution in [0, 0.1) is 5.92 Å². The van der Waals surface area contributed by atoms with Gasteiger partial charge in [0.05, 0.1) is 0 Å². The third-order valence-corrected chi connectivity index (χ3v) is 4.31. The molecule has 1 aliphatic carbocycles. The average Bonchev–Trinajstić information content (AvgIpc) is 2.71. The summed E-state index contributed by atoms with van der Waals surface area (Å²) in [6.45, 7) is 2.07. The van der Waals surface area contributed by atoms with Gasteiger partial charge in [-0.2, -0.15) is 0 Å². The van der Waals surface area contributed by atoms with Gasteiger partial charge in [0.25, 0.3) is 0 Å². The molecular weight excluding hydrogens is 316 g/mol. The SMILES string of the molecule is [2H]C(c1cc(O)c([C@@H]2C=C(C(=O)O)CC[C@H]2C(=C)C)c(O)c1)C([2H])([2H])C([2H])([2H])C([2H])([2H])C([2H])([2H])[2H]. The predicted octanol–water partition coefficient (Wildman–Crippen LogP) is 4.91. The second-order valence-electron chi connectivity index (χ2n) is 6.03. The molecule has 0 aromatic heterocycles. The van der Waals surface area contributed by atoms with Crippen LogP contribution in [0.5, 0.6) is 11.5 Å². The first-order chi connectivity index (χ1) is 15.7. The van der Waals surface area contributed by atoms with Crippen molar-refractivity contribution in [1.82, 2.24) is 0 Å². The highest BCUT2D eigenvalue weighted by Crippen LogP contribution is 2.46. The van der Waals surface area contributed by atoms with Gasteiger partial charge < -0.3 is 15.3 Å². The minimum absolute atomic E-state index is 0.0742. The number of aliphatic carboxylic acids is 1. The van der Waals surface area contributed by atoms with Crippen molar-refractivity contribution in [1.29, 1.82) is 0 Å². The third-order valence-electron chi connectivity index (χ3n) is 4.31. The fourth-order valence-electron chi connectivity index (χ4n) is 3.15. The van der Waals surface area contributed by atoms with E-state index in [1.54, 1.807) is 6.92 Å². The van der Waals surface area contributed by atoms with Crippen molar-refractivity contribution >= 4 is 5.97 Å². The van der Waals surface area contributed by atoms with Gasteiger partial charge in [0.2, 0.25) is 0 Å². The smallest absolute Gasteiger partial charge is 0.331 e. The normalized spacial score (nSPS) is 29.6. The summed E-state index contributed by atoms with van der Waals surface area (Å²) in [6, 6.07) is 1.81. The molecule has 1 unspecified atom stereocenters. The molecule has 3 N–H and O–H groups in total. The molecular formula is C21H28O4. The maximum Gasteiger partial charge on any atom is 0.331 e. The van der Waals surface area contributed by atoms with Crippen LogP contribution in [0.4, 0.5) is 0 Å². The molecule has 1 aromatic rings. The zero-order valence-electron chi connectivity index (χ0n) is 23.8. The van der Waals surface area contributed by atoms with Crippen molar-refractivity contribution in [2.24, 2.45) is 5.92 Å². The molecule has 0 spiro atoms. The Balaban J connectivity index is 2.59. The van der Waals surface area contributed by atoms with Crippen LogP contribution in [-0.2, 0) is 11.2 Å². The van der Waals surface area contributed by atoms with E-state index in [0.29, 0.717) is 12.0 Å². The Morgan fingerprint density at radius 2 is 2.04 bits per heavy atom. The van der Waals surface area contributed by atoms with E-state index >= 15 is 0 Å². The van der Waals surface area contributed by atoms with Gasteiger partial charge in [-0.25, -0.2) is 4.79 Å². The first kappa shape index (κ1) is 9.46. The number of phenolic OH excluding ortho intramolecular Hbond substituents is 2. The van der Waals surface area contributed by atoms with Crippen molar-refractivity contribution in [3.63, 3.8) is 0 Å². The van der Waals surface area contributed by atoms with Crippen molar-refractivity contribution in [3.05, 3.63) is 47.1 Å². The molecule has 1 aliphatic rings. The summed E-state index contributed by atoms with van der Waals surface area (Å²) < 4.78 is 77.7. The number of carboxylic acid groups (broad SMARTS) is 1. The zero-order chi connectivity index (χ0) is 27.3. The van der Waals surface area contributed by atoms with Crippen LogP contribution in [-0.4, -0.2) is 21.3 Å². The monoisotopic (exact) mass is 354 g/mol. The van der Waals surface area contributed by atoms with Crippen LogP contribution >= 0.6 is 0 Å². The van der Waals surface area contributed by atoms with Crippen LogP contribution in [0.3, 0.4) is 0 Å². The van der Waals surface area contributed by atoms with E-state index in [1.165, 1.54) is 6.08 Å². The van der Waals surface area contributed by atoms with Crippen molar-refractivity contribution < 1.29 is 33.8 Å². The topological polar surface area (TPSA) is 77.8 Å². The van der Waals surface area contributed by atoms with E-state index in [-0.39, 0.29) is 23.5 Å². The van der Waals surface area contributed by atoms with Crippen LogP contribution in [0.1, 0.15) is 76.5 Å². The number of aryl methyl sites for hydroxylation is 1. The van der Waals surface area contributed by atoms with Crippen molar-refractivity contribution in [3.8, 4) is 11.5 Å². The molecule has 0 aliphatic heterocycles. The fourth-order valence-corrected chi connectivity index (χ4v) is 3.15. The standard InChI is InChI=1S/C21H28O4/c1-4-5-6-7-14-10-18(22)20(19(23)11-14)17-12-15(21(24)25)8-9-16(17)13(2)3/h10-12,16-17,22-23H,2,4-9H2,1,3H3,(H,24,25)/t16-,17+/m0/s1/i1D3,4D2,5D2,6D2,7D/t7?,16-,17+. The molecule has 25 heavy (non-hydrogen) atoms. The van der Waals surface area contributed by atoms with Crippen LogP contribution in [0.15, 0.2) is 35.9 Å². The van der Waals surface area contributed by atoms with Crippen LogP contribution < -0.4 is 0 Å². The lowest BCUT2D eigenvalue weighted by Crippen LogP contribution is -2.20. The minimum Gasteiger partial charge on any atom is -0.507 e. The fraction of sp³-hybridized carbons (Fsp3) is 0.476. The molecule has 4 heteroatoms. The van der Waals surface area contributed by atoms with Gasteiger partial charge >= 0.3 is 5.97 Å². The van der Waals surface area contributed by atoms with Gasteiger partial charge in [0.1, 0.15) is 11.5 Å². The number of carboxylic acids is 1. The number of aromatic hydroxyl groups is 2. The zero-order valence-corrected chi connectivity index (χ0v) is 13.8. The van der Waals surface area contributed by atoms with Gasteiger partial charge in [0.15, 0.2) is 0 Å². The summed E-state index contributed by atoms with van der Waals surface area (Å²) in [6.07, 6.45) is -11.0. The molecule has 0 saturated carbocycles. The Labute approximate surface area is 163 Å². The van der Waals surface area contributed by atoms with Gasteiger partial charge in [-0.1, -0.05) is 37.8 Å². The predicted molar refractivity (Wildman–Crippen MR) is 99.0 cm³/mol. The van der Waals surface area contributed by atoms with E-state index < -0.39 is 61.3 Å². The van der Waals surface area contributed by atoms with E-state index in [4.69, 9.17) is 13.7 Å². The van der Waals surface area contributed by atoms with E-state index in [0.717, 1.165) is 12.1 Å². The van der Waals surface area contributed by atoms with E-state index in [1.807, 2.05) is 0 Å². The number of hydrogen-bond donors (Lipinski definition) is 3. The van der Waals surface area contributed by atoms with Crippen LogP contribution in [0.25, 0.3) is 0 Å². The number of hydrogen-bond acceptors (Lipinski definition) is 3. The molecule has 0 radical (unpaired) electrons.